The summed E-state index contributed by atoms with van der Waals surface area (Å²) in [5, 5.41) is 0.799. The van der Waals surface area contributed by atoms with Gasteiger partial charge in [-0.25, -0.2) is 0 Å². The van der Waals surface area contributed by atoms with Gasteiger partial charge in [0.1, 0.15) is 5.52 Å². The lowest BCUT2D eigenvalue weighted by Gasteiger charge is -1.95. The van der Waals surface area contributed by atoms with Crippen LogP contribution in [-0.4, -0.2) is 4.98 Å². The van der Waals surface area contributed by atoms with Crippen molar-refractivity contribution in [2.24, 2.45) is 0 Å². The van der Waals surface area contributed by atoms with Crippen LogP contribution in [-0.2, 0) is 0 Å². The number of H-pyrrole nitrogens is 1. The van der Waals surface area contributed by atoms with E-state index >= 15 is 0 Å². The molecule has 0 fully saturated rings. The topological polar surface area (TPSA) is 32.9 Å². The second kappa shape index (κ2) is 2.69. The Labute approximate surface area is 83.8 Å². The van der Waals surface area contributed by atoms with Crippen LogP contribution in [0.2, 0.25) is 0 Å². The lowest BCUT2D eigenvalue weighted by atomic mass is 10.2. The van der Waals surface area contributed by atoms with Gasteiger partial charge in [0.15, 0.2) is 0 Å². The molecule has 0 atom stereocenters. The van der Waals surface area contributed by atoms with Crippen molar-refractivity contribution in [3.8, 4) is 0 Å². The number of hydrogen-bond donors (Lipinski definition) is 1. The highest BCUT2D eigenvalue weighted by Crippen LogP contribution is 2.22. The first-order chi connectivity index (χ1) is 6.86. The third kappa shape index (κ3) is 0.930. The fraction of sp³-hybridized carbons (Fsp3) is 0. The van der Waals surface area contributed by atoms with Crippen LogP contribution < -0.4 is 5.43 Å². The van der Waals surface area contributed by atoms with E-state index in [1.807, 2.05) is 30.3 Å². The summed E-state index contributed by atoms with van der Waals surface area (Å²) in [4.78, 5) is 14.9. The lowest BCUT2D eigenvalue weighted by molar-refractivity contribution is 1.46. The Morgan fingerprint density at radius 3 is 2.86 bits per heavy atom. The number of rotatable bonds is 0. The molecule has 68 valence electrons. The molecule has 2 aromatic heterocycles. The minimum absolute atomic E-state index is 0.0966. The number of nitrogens with one attached hydrogen (secondary N) is 1. The summed E-state index contributed by atoms with van der Waals surface area (Å²) in [6.45, 7) is 0. The van der Waals surface area contributed by atoms with Gasteiger partial charge in [0.05, 0.1) is 4.70 Å². The normalized spacial score (nSPS) is 11.1. The van der Waals surface area contributed by atoms with E-state index in [9.17, 15) is 4.79 Å². The lowest BCUT2D eigenvalue weighted by Crippen LogP contribution is -1.99. The summed E-state index contributed by atoms with van der Waals surface area (Å²) in [6.07, 6.45) is 1.81. The molecule has 0 radical (unpaired) electrons. The molecule has 0 unspecified atom stereocenters. The van der Waals surface area contributed by atoms with Crippen LogP contribution >= 0.6 is 11.3 Å². The molecule has 0 aliphatic rings. The molecule has 2 heterocycles. The fourth-order valence-electron chi connectivity index (χ4n) is 1.61. The van der Waals surface area contributed by atoms with E-state index in [-0.39, 0.29) is 5.43 Å². The Hall–Kier alpha value is -1.61. The molecule has 3 heteroatoms. The van der Waals surface area contributed by atoms with Crippen molar-refractivity contribution in [1.82, 2.24) is 4.98 Å². The average Bonchev–Trinajstić information content (AvgIpc) is 2.66. The van der Waals surface area contributed by atoms with Crippen LogP contribution in [0.4, 0.5) is 0 Å². The van der Waals surface area contributed by atoms with Crippen LogP contribution in [0.25, 0.3) is 20.3 Å². The summed E-state index contributed by atoms with van der Waals surface area (Å²) in [6, 6.07) is 9.64. The molecule has 3 aromatic rings. The number of hydrogen-bond acceptors (Lipinski definition) is 2. The molecular weight excluding hydrogens is 194 g/mol. The molecule has 0 saturated carbocycles. The van der Waals surface area contributed by atoms with E-state index in [1.165, 1.54) is 0 Å². The van der Waals surface area contributed by atoms with Crippen molar-refractivity contribution in [3.63, 3.8) is 0 Å². The van der Waals surface area contributed by atoms with Crippen LogP contribution in [0.5, 0.6) is 0 Å². The van der Waals surface area contributed by atoms with Crippen molar-refractivity contribution < 1.29 is 0 Å². The Bertz CT molecular complexity index is 665. The summed E-state index contributed by atoms with van der Waals surface area (Å²) >= 11 is 1.64. The van der Waals surface area contributed by atoms with Gasteiger partial charge in [-0.15, -0.1) is 11.3 Å². The fourth-order valence-corrected chi connectivity index (χ4v) is 2.66. The van der Waals surface area contributed by atoms with Gasteiger partial charge in [0, 0.05) is 16.3 Å². The van der Waals surface area contributed by atoms with E-state index in [0.29, 0.717) is 5.52 Å². The monoisotopic (exact) mass is 201 g/mol. The van der Waals surface area contributed by atoms with Gasteiger partial charge < -0.3 is 4.98 Å². The molecule has 1 aromatic carbocycles. The molecule has 0 spiro atoms. The highest BCUT2D eigenvalue weighted by atomic mass is 32.1. The highest BCUT2D eigenvalue weighted by Gasteiger charge is 2.04. The Morgan fingerprint density at radius 1 is 1.07 bits per heavy atom. The molecule has 0 amide bonds. The summed E-state index contributed by atoms with van der Waals surface area (Å²) in [7, 11) is 0. The Kier molecular flexibility index (Phi) is 1.49. The first-order valence-electron chi connectivity index (χ1n) is 4.35. The number of fused-ring (bicyclic) bond motifs is 2. The quantitative estimate of drug-likeness (QED) is 0.596. The molecular formula is C11H7NOS. The van der Waals surface area contributed by atoms with Gasteiger partial charge in [0.25, 0.3) is 0 Å². The van der Waals surface area contributed by atoms with E-state index in [1.54, 1.807) is 17.5 Å². The first-order valence-corrected chi connectivity index (χ1v) is 5.17. The Morgan fingerprint density at radius 2 is 1.93 bits per heavy atom. The third-order valence-electron chi connectivity index (χ3n) is 2.29. The zero-order valence-corrected chi connectivity index (χ0v) is 8.10. The second-order valence-electron chi connectivity index (χ2n) is 3.14. The van der Waals surface area contributed by atoms with Crippen LogP contribution in [0.1, 0.15) is 0 Å². The molecule has 2 nitrogen and oxygen atoms in total. The standard InChI is InChI=1S/C11H7NOS/c13-11-7-3-1-2-4-8(7)14-9-5-6-12-10(9)11/h1-6,12H. The predicted octanol–water partition coefficient (Wildman–Crippen LogP) is 2.74. The van der Waals surface area contributed by atoms with Gasteiger partial charge in [-0.1, -0.05) is 12.1 Å². The number of aromatic amines is 1. The molecule has 3 rings (SSSR count). The van der Waals surface area contributed by atoms with Crippen LogP contribution in [0, 0.1) is 0 Å². The van der Waals surface area contributed by atoms with E-state index in [2.05, 4.69) is 4.98 Å². The molecule has 0 saturated heterocycles. The molecule has 14 heavy (non-hydrogen) atoms. The highest BCUT2D eigenvalue weighted by molar-refractivity contribution is 7.24. The van der Waals surface area contributed by atoms with Gasteiger partial charge in [-0.2, -0.15) is 0 Å². The van der Waals surface area contributed by atoms with E-state index in [4.69, 9.17) is 0 Å². The van der Waals surface area contributed by atoms with Crippen LogP contribution in [0.3, 0.4) is 0 Å². The van der Waals surface area contributed by atoms with Gasteiger partial charge in [-0.3, -0.25) is 4.79 Å². The van der Waals surface area contributed by atoms with Crippen molar-refractivity contribution in [2.75, 3.05) is 0 Å². The average molecular weight is 201 g/mol. The van der Waals surface area contributed by atoms with Crippen LogP contribution in [0.15, 0.2) is 41.3 Å². The van der Waals surface area contributed by atoms with Gasteiger partial charge >= 0.3 is 0 Å². The smallest absolute Gasteiger partial charge is 0.212 e. The van der Waals surface area contributed by atoms with Crippen molar-refractivity contribution in [3.05, 3.63) is 46.8 Å². The van der Waals surface area contributed by atoms with E-state index < -0.39 is 0 Å². The molecule has 0 aliphatic carbocycles. The molecule has 0 bridgehead atoms. The van der Waals surface area contributed by atoms with Gasteiger partial charge in [0.2, 0.25) is 5.43 Å². The van der Waals surface area contributed by atoms with Crippen molar-refractivity contribution >= 4 is 31.6 Å². The van der Waals surface area contributed by atoms with E-state index in [0.717, 1.165) is 14.8 Å². The second-order valence-corrected chi connectivity index (χ2v) is 4.23. The minimum atomic E-state index is 0.0966. The first kappa shape index (κ1) is 7.76. The van der Waals surface area contributed by atoms with Gasteiger partial charge in [-0.05, 0) is 18.2 Å². The summed E-state index contributed by atoms with van der Waals surface area (Å²) in [5.41, 5.74) is 0.813. The maximum Gasteiger partial charge on any atom is 0.212 e. The Balaban J connectivity index is 2.70. The number of benzene rings is 1. The largest absolute Gasteiger partial charge is 0.357 e. The summed E-state index contributed by atoms with van der Waals surface area (Å²) < 4.78 is 2.07. The van der Waals surface area contributed by atoms with Crippen molar-refractivity contribution in [2.45, 2.75) is 0 Å². The zero-order valence-electron chi connectivity index (χ0n) is 7.28. The SMILES string of the molecule is O=c1c2ccccc2sc2cc[nH]c12. The maximum absolute atomic E-state index is 11.9. The zero-order chi connectivity index (χ0) is 9.54. The molecule has 1 N–H and O–H groups in total. The predicted molar refractivity (Wildman–Crippen MR) is 60.0 cm³/mol. The maximum atomic E-state index is 11.9. The number of aromatic nitrogens is 1. The molecule has 0 aliphatic heterocycles. The van der Waals surface area contributed by atoms with Crippen molar-refractivity contribution in [1.29, 1.82) is 0 Å². The minimum Gasteiger partial charge on any atom is -0.357 e. The summed E-state index contributed by atoms with van der Waals surface area (Å²) in [5.74, 6) is 0. The third-order valence-corrected chi connectivity index (χ3v) is 3.42.